The van der Waals surface area contributed by atoms with Gasteiger partial charge >= 0.3 is 0 Å². The second-order valence-corrected chi connectivity index (χ2v) is 3.01. The van der Waals surface area contributed by atoms with Gasteiger partial charge < -0.3 is 14.8 Å². The zero-order valence-electron chi connectivity index (χ0n) is 6.06. The number of hydrogen-bond donors (Lipinski definition) is 1. The lowest BCUT2D eigenvalue weighted by Crippen LogP contribution is -2.53. The van der Waals surface area contributed by atoms with Crippen molar-refractivity contribution < 1.29 is 9.47 Å². The molecule has 0 aliphatic carbocycles. The summed E-state index contributed by atoms with van der Waals surface area (Å²) in [6.45, 7) is 4.44. The summed E-state index contributed by atoms with van der Waals surface area (Å²) in [7, 11) is 0. The minimum Gasteiger partial charge on any atom is -0.377 e. The van der Waals surface area contributed by atoms with Crippen molar-refractivity contribution in [2.45, 2.75) is 12.0 Å². The first-order valence-electron chi connectivity index (χ1n) is 3.84. The van der Waals surface area contributed by atoms with E-state index in [9.17, 15) is 0 Å². The van der Waals surface area contributed by atoms with Gasteiger partial charge in [-0.3, -0.25) is 0 Å². The molecule has 2 rings (SSSR count). The molecule has 2 fully saturated rings. The Balaban J connectivity index is 1.92. The summed E-state index contributed by atoms with van der Waals surface area (Å²) < 4.78 is 10.8. The molecule has 1 atom stereocenters. The van der Waals surface area contributed by atoms with Crippen LogP contribution in [0.15, 0.2) is 0 Å². The highest BCUT2D eigenvalue weighted by molar-refractivity contribution is 4.90. The molecule has 1 N–H and O–H groups in total. The van der Waals surface area contributed by atoms with Crippen LogP contribution in [0.25, 0.3) is 0 Å². The van der Waals surface area contributed by atoms with Crippen molar-refractivity contribution in [3.8, 4) is 0 Å². The molecule has 0 radical (unpaired) electrons. The Morgan fingerprint density at radius 1 is 1.30 bits per heavy atom. The van der Waals surface area contributed by atoms with Gasteiger partial charge in [-0.05, 0) is 0 Å². The molecule has 58 valence electrons. The van der Waals surface area contributed by atoms with Crippen LogP contribution < -0.4 is 5.32 Å². The molecular formula is C7H13NO2. The summed E-state index contributed by atoms with van der Waals surface area (Å²) in [6.07, 6.45) is 1.15. The molecule has 2 aliphatic heterocycles. The maximum absolute atomic E-state index is 5.45. The van der Waals surface area contributed by atoms with Crippen LogP contribution in [0.3, 0.4) is 0 Å². The van der Waals surface area contributed by atoms with Crippen LogP contribution in [0.1, 0.15) is 6.42 Å². The van der Waals surface area contributed by atoms with Gasteiger partial charge in [0.2, 0.25) is 0 Å². The van der Waals surface area contributed by atoms with Crippen molar-refractivity contribution in [1.82, 2.24) is 5.32 Å². The van der Waals surface area contributed by atoms with Gasteiger partial charge in [0, 0.05) is 19.5 Å². The third-order valence-corrected chi connectivity index (χ3v) is 2.20. The van der Waals surface area contributed by atoms with Crippen LogP contribution >= 0.6 is 0 Å². The van der Waals surface area contributed by atoms with E-state index < -0.39 is 0 Å². The standard InChI is InChI=1S/C7H13NO2/c1-3-10-7(1)5-8-2-4-9-6-7/h8H,1-6H2. The van der Waals surface area contributed by atoms with E-state index in [1.807, 2.05) is 0 Å². The predicted molar refractivity (Wildman–Crippen MR) is 37.0 cm³/mol. The molecule has 0 saturated carbocycles. The zero-order valence-corrected chi connectivity index (χ0v) is 6.06. The van der Waals surface area contributed by atoms with E-state index in [1.54, 1.807) is 0 Å². The molecule has 1 unspecified atom stereocenters. The van der Waals surface area contributed by atoms with E-state index in [-0.39, 0.29) is 5.60 Å². The van der Waals surface area contributed by atoms with Gasteiger partial charge in [0.05, 0.1) is 19.8 Å². The van der Waals surface area contributed by atoms with Crippen LogP contribution in [-0.4, -0.2) is 38.5 Å². The van der Waals surface area contributed by atoms with Crippen molar-refractivity contribution in [3.05, 3.63) is 0 Å². The van der Waals surface area contributed by atoms with Gasteiger partial charge in [-0.25, -0.2) is 0 Å². The van der Waals surface area contributed by atoms with Gasteiger partial charge in [-0.15, -0.1) is 0 Å². The first kappa shape index (κ1) is 6.58. The number of rotatable bonds is 0. The minimum atomic E-state index is 0.0521. The van der Waals surface area contributed by atoms with Crippen LogP contribution in [0.4, 0.5) is 0 Å². The van der Waals surface area contributed by atoms with Crippen molar-refractivity contribution in [3.63, 3.8) is 0 Å². The van der Waals surface area contributed by atoms with Crippen molar-refractivity contribution in [1.29, 1.82) is 0 Å². The second kappa shape index (κ2) is 2.49. The van der Waals surface area contributed by atoms with E-state index in [4.69, 9.17) is 9.47 Å². The maximum atomic E-state index is 5.45. The van der Waals surface area contributed by atoms with Crippen molar-refractivity contribution >= 4 is 0 Å². The SMILES string of the molecule is C1COCC2(CCO2)CN1. The third kappa shape index (κ3) is 1.05. The summed E-state index contributed by atoms with van der Waals surface area (Å²) in [5, 5.41) is 3.29. The predicted octanol–water partition coefficient (Wildman–Crippen LogP) is -0.235. The highest BCUT2D eigenvalue weighted by Gasteiger charge is 2.39. The molecule has 0 aromatic heterocycles. The number of ether oxygens (including phenoxy) is 2. The first-order chi connectivity index (χ1) is 4.91. The number of hydrogen-bond acceptors (Lipinski definition) is 3. The fourth-order valence-electron chi connectivity index (χ4n) is 1.41. The summed E-state index contributed by atoms with van der Waals surface area (Å²) >= 11 is 0. The smallest absolute Gasteiger partial charge is 0.106 e. The Kier molecular flexibility index (Phi) is 1.64. The van der Waals surface area contributed by atoms with Gasteiger partial charge in [0.15, 0.2) is 0 Å². The monoisotopic (exact) mass is 143 g/mol. The van der Waals surface area contributed by atoms with Crippen molar-refractivity contribution in [2.24, 2.45) is 0 Å². The molecule has 1 spiro atoms. The Hall–Kier alpha value is -0.120. The lowest BCUT2D eigenvalue weighted by molar-refractivity contribution is -0.169. The Morgan fingerprint density at radius 3 is 2.90 bits per heavy atom. The highest BCUT2D eigenvalue weighted by atomic mass is 16.6. The van der Waals surface area contributed by atoms with Gasteiger partial charge in [-0.2, -0.15) is 0 Å². The molecular weight excluding hydrogens is 130 g/mol. The Bertz CT molecular complexity index is 113. The second-order valence-electron chi connectivity index (χ2n) is 3.01. The molecule has 2 saturated heterocycles. The van der Waals surface area contributed by atoms with Gasteiger partial charge in [0.1, 0.15) is 5.60 Å². The summed E-state index contributed by atoms with van der Waals surface area (Å²) in [5.74, 6) is 0. The van der Waals surface area contributed by atoms with E-state index >= 15 is 0 Å². The van der Waals surface area contributed by atoms with Crippen molar-refractivity contribution in [2.75, 3.05) is 32.9 Å². The summed E-state index contributed by atoms with van der Waals surface area (Å²) in [5.41, 5.74) is 0.0521. The molecule has 0 bridgehead atoms. The molecule has 2 heterocycles. The average Bonchev–Trinajstić information content (AvgIpc) is 2.08. The quantitative estimate of drug-likeness (QED) is 0.508. The minimum absolute atomic E-state index is 0.0521. The van der Waals surface area contributed by atoms with E-state index in [1.165, 1.54) is 0 Å². The fourth-order valence-corrected chi connectivity index (χ4v) is 1.41. The lowest BCUT2D eigenvalue weighted by Gasteiger charge is -2.40. The highest BCUT2D eigenvalue weighted by Crippen LogP contribution is 2.26. The maximum Gasteiger partial charge on any atom is 0.106 e. The molecule has 0 aromatic rings. The largest absolute Gasteiger partial charge is 0.377 e. The molecule has 0 aromatic carbocycles. The first-order valence-corrected chi connectivity index (χ1v) is 3.84. The summed E-state index contributed by atoms with van der Waals surface area (Å²) in [6, 6.07) is 0. The van der Waals surface area contributed by atoms with Gasteiger partial charge in [0.25, 0.3) is 0 Å². The molecule has 3 nitrogen and oxygen atoms in total. The number of nitrogens with one attached hydrogen (secondary N) is 1. The summed E-state index contributed by atoms with van der Waals surface area (Å²) in [4.78, 5) is 0. The normalized spacial score (nSPS) is 40.8. The molecule has 3 heteroatoms. The Labute approximate surface area is 60.7 Å². The van der Waals surface area contributed by atoms with E-state index in [2.05, 4.69) is 5.32 Å². The van der Waals surface area contributed by atoms with Crippen LogP contribution in [0.5, 0.6) is 0 Å². The Morgan fingerprint density at radius 2 is 2.20 bits per heavy atom. The lowest BCUT2D eigenvalue weighted by atomic mass is 9.96. The molecule has 0 amide bonds. The van der Waals surface area contributed by atoms with Crippen LogP contribution in [-0.2, 0) is 9.47 Å². The fraction of sp³-hybridized carbons (Fsp3) is 1.00. The average molecular weight is 143 g/mol. The van der Waals surface area contributed by atoms with E-state index in [0.717, 1.165) is 39.3 Å². The van der Waals surface area contributed by atoms with Crippen LogP contribution in [0, 0.1) is 0 Å². The molecule has 10 heavy (non-hydrogen) atoms. The zero-order chi connectivity index (χ0) is 6.86. The van der Waals surface area contributed by atoms with E-state index in [0.29, 0.717) is 0 Å². The molecule has 2 aliphatic rings. The topological polar surface area (TPSA) is 30.5 Å². The van der Waals surface area contributed by atoms with Gasteiger partial charge in [-0.1, -0.05) is 0 Å². The third-order valence-electron chi connectivity index (χ3n) is 2.20. The van der Waals surface area contributed by atoms with Crippen LogP contribution in [0.2, 0.25) is 0 Å².